The minimum absolute atomic E-state index is 0.594. The molecule has 3 heteroatoms. The Morgan fingerprint density at radius 3 is 2.30 bits per heavy atom. The van der Waals surface area contributed by atoms with Crippen LogP contribution in [0.15, 0.2) is 24.3 Å². The van der Waals surface area contributed by atoms with E-state index in [0.717, 1.165) is 39.0 Å². The van der Waals surface area contributed by atoms with Gasteiger partial charge < -0.3 is 10.2 Å². The molecule has 0 aliphatic carbocycles. The molecule has 1 aromatic rings. The Morgan fingerprint density at radius 1 is 1.13 bits per heavy atom. The van der Waals surface area contributed by atoms with Crippen molar-refractivity contribution in [3.63, 3.8) is 0 Å². The number of halogens is 1. The van der Waals surface area contributed by atoms with Crippen LogP contribution in [0.2, 0.25) is 0 Å². The van der Waals surface area contributed by atoms with E-state index in [1.54, 1.807) is 0 Å². The monoisotopic (exact) mass is 318 g/mol. The lowest BCUT2D eigenvalue weighted by atomic mass is 9.87. The molecule has 0 unspecified atom stereocenters. The fraction of sp³-hybridized carbons (Fsp3) is 0.700. The normalized spacial score (nSPS) is 23.3. The second kappa shape index (κ2) is 7.31. The molecule has 2 fully saturated rings. The van der Waals surface area contributed by atoms with Gasteiger partial charge in [0, 0.05) is 6.54 Å². The molecule has 2 nitrogen and oxygen atoms in total. The summed E-state index contributed by atoms with van der Waals surface area (Å²) >= 11 is 0. The highest BCUT2D eigenvalue weighted by atomic mass is 19.1. The fourth-order valence-corrected chi connectivity index (χ4v) is 4.01. The molecule has 2 aliphatic heterocycles. The van der Waals surface area contributed by atoms with Crippen molar-refractivity contribution in [3.05, 3.63) is 35.4 Å². The number of rotatable bonds is 4. The third kappa shape index (κ3) is 4.33. The first-order chi connectivity index (χ1) is 11.1. The van der Waals surface area contributed by atoms with Crippen molar-refractivity contribution < 1.29 is 4.39 Å². The van der Waals surface area contributed by atoms with E-state index in [0.29, 0.717) is 31.2 Å². The van der Waals surface area contributed by atoms with E-state index >= 15 is 0 Å². The number of hydrogen-bond acceptors (Lipinski definition) is 2. The summed E-state index contributed by atoms with van der Waals surface area (Å²) in [7, 11) is 0. The number of benzene rings is 1. The molecule has 2 heterocycles. The first-order valence-corrected chi connectivity index (χ1v) is 9.28. The summed E-state index contributed by atoms with van der Waals surface area (Å²) in [6.45, 7) is 8.84. The molecule has 23 heavy (non-hydrogen) atoms. The van der Waals surface area contributed by atoms with Gasteiger partial charge in [-0.2, -0.15) is 0 Å². The minimum Gasteiger partial charge on any atom is -0.316 e. The number of piperidine rings is 2. The van der Waals surface area contributed by atoms with Crippen molar-refractivity contribution in [1.29, 1.82) is 0 Å². The van der Waals surface area contributed by atoms with E-state index in [1.165, 1.54) is 11.1 Å². The van der Waals surface area contributed by atoms with Gasteiger partial charge in [0.05, 0.1) is 0 Å². The van der Waals surface area contributed by atoms with E-state index in [-0.39, 0.29) is 0 Å². The molecule has 0 saturated carbocycles. The predicted molar refractivity (Wildman–Crippen MR) is 94.9 cm³/mol. The number of alkyl halides is 1. The smallest absolute Gasteiger partial charge is 0.126 e. The SMILES string of the molecule is CC(C)c1ccc(C2CCN(CC3(F)CCNCC3)CC2)cc1. The molecule has 1 N–H and O–H groups in total. The van der Waals surface area contributed by atoms with E-state index in [9.17, 15) is 4.39 Å². The molecule has 0 atom stereocenters. The number of nitrogens with one attached hydrogen (secondary N) is 1. The number of likely N-dealkylation sites (tertiary alicyclic amines) is 1. The van der Waals surface area contributed by atoms with Crippen molar-refractivity contribution in [2.24, 2.45) is 0 Å². The van der Waals surface area contributed by atoms with Crippen LogP contribution in [0.1, 0.15) is 62.5 Å². The van der Waals surface area contributed by atoms with Crippen LogP contribution in [0.4, 0.5) is 4.39 Å². The first kappa shape index (κ1) is 16.9. The summed E-state index contributed by atoms with van der Waals surface area (Å²) < 4.78 is 14.8. The molecule has 0 bridgehead atoms. The van der Waals surface area contributed by atoms with Gasteiger partial charge in [-0.05, 0) is 74.8 Å². The lowest BCUT2D eigenvalue weighted by Crippen LogP contribution is -2.48. The molecule has 3 rings (SSSR count). The molecule has 1 aromatic carbocycles. The summed E-state index contributed by atoms with van der Waals surface area (Å²) in [5, 5.41) is 3.26. The fourth-order valence-electron chi connectivity index (χ4n) is 4.01. The topological polar surface area (TPSA) is 15.3 Å². The van der Waals surface area contributed by atoms with Gasteiger partial charge in [-0.25, -0.2) is 4.39 Å². The van der Waals surface area contributed by atoms with Crippen LogP contribution in [0, 0.1) is 0 Å². The maximum atomic E-state index is 14.8. The highest BCUT2D eigenvalue weighted by Crippen LogP contribution is 2.31. The van der Waals surface area contributed by atoms with Crippen molar-refractivity contribution in [3.8, 4) is 0 Å². The van der Waals surface area contributed by atoms with Crippen LogP contribution in [-0.4, -0.2) is 43.3 Å². The summed E-state index contributed by atoms with van der Waals surface area (Å²) in [6.07, 6.45) is 3.66. The van der Waals surface area contributed by atoms with Crippen LogP contribution in [-0.2, 0) is 0 Å². The van der Waals surface area contributed by atoms with E-state index in [2.05, 4.69) is 48.3 Å². The van der Waals surface area contributed by atoms with Crippen molar-refractivity contribution in [2.75, 3.05) is 32.7 Å². The Balaban J connectivity index is 1.51. The Bertz CT molecular complexity index is 483. The van der Waals surface area contributed by atoms with Crippen LogP contribution < -0.4 is 5.32 Å². The maximum Gasteiger partial charge on any atom is 0.126 e. The van der Waals surface area contributed by atoms with Gasteiger partial charge in [-0.3, -0.25) is 0 Å². The van der Waals surface area contributed by atoms with Gasteiger partial charge in [0.15, 0.2) is 0 Å². The molecule has 2 aliphatic rings. The van der Waals surface area contributed by atoms with Crippen molar-refractivity contribution >= 4 is 0 Å². The van der Waals surface area contributed by atoms with E-state index < -0.39 is 5.67 Å². The van der Waals surface area contributed by atoms with Gasteiger partial charge in [0.1, 0.15) is 5.67 Å². The second-order valence-electron chi connectivity index (χ2n) is 7.77. The van der Waals surface area contributed by atoms with Gasteiger partial charge >= 0.3 is 0 Å². The van der Waals surface area contributed by atoms with Gasteiger partial charge in [0.2, 0.25) is 0 Å². The molecular weight excluding hydrogens is 287 g/mol. The van der Waals surface area contributed by atoms with Crippen molar-refractivity contribution in [2.45, 2.75) is 57.0 Å². The van der Waals surface area contributed by atoms with Crippen LogP contribution in [0.5, 0.6) is 0 Å². The van der Waals surface area contributed by atoms with E-state index in [4.69, 9.17) is 0 Å². The Labute approximate surface area is 140 Å². The van der Waals surface area contributed by atoms with Crippen LogP contribution in [0.25, 0.3) is 0 Å². The lowest BCUT2D eigenvalue weighted by molar-refractivity contribution is 0.0510. The Morgan fingerprint density at radius 2 is 1.74 bits per heavy atom. The molecule has 0 radical (unpaired) electrons. The molecule has 0 spiro atoms. The summed E-state index contributed by atoms with van der Waals surface area (Å²) in [5.74, 6) is 1.24. The summed E-state index contributed by atoms with van der Waals surface area (Å²) in [6, 6.07) is 9.16. The lowest BCUT2D eigenvalue weighted by Gasteiger charge is -2.38. The molecule has 2 saturated heterocycles. The molecular formula is C20H31FN2. The third-order valence-electron chi connectivity index (χ3n) is 5.67. The zero-order valence-electron chi connectivity index (χ0n) is 14.7. The zero-order valence-corrected chi connectivity index (χ0v) is 14.7. The van der Waals surface area contributed by atoms with Gasteiger partial charge in [-0.1, -0.05) is 38.1 Å². The Hall–Kier alpha value is -0.930. The van der Waals surface area contributed by atoms with Crippen LogP contribution in [0.3, 0.4) is 0 Å². The molecule has 0 aromatic heterocycles. The molecule has 0 amide bonds. The number of nitrogens with zero attached hydrogens (tertiary/aromatic N) is 1. The van der Waals surface area contributed by atoms with Gasteiger partial charge in [0.25, 0.3) is 0 Å². The maximum absolute atomic E-state index is 14.8. The predicted octanol–water partition coefficient (Wildman–Crippen LogP) is 4.08. The first-order valence-electron chi connectivity index (χ1n) is 9.28. The van der Waals surface area contributed by atoms with E-state index in [1.807, 2.05) is 0 Å². The largest absolute Gasteiger partial charge is 0.316 e. The van der Waals surface area contributed by atoms with Crippen molar-refractivity contribution in [1.82, 2.24) is 10.2 Å². The highest BCUT2D eigenvalue weighted by molar-refractivity contribution is 5.27. The summed E-state index contributed by atoms with van der Waals surface area (Å²) in [4.78, 5) is 2.35. The average molecular weight is 318 g/mol. The molecule has 128 valence electrons. The average Bonchev–Trinajstić information content (AvgIpc) is 2.56. The van der Waals surface area contributed by atoms with Gasteiger partial charge in [-0.15, -0.1) is 0 Å². The second-order valence-corrected chi connectivity index (χ2v) is 7.77. The number of hydrogen-bond donors (Lipinski definition) is 1. The third-order valence-corrected chi connectivity index (χ3v) is 5.67. The zero-order chi connectivity index (χ0) is 16.3. The minimum atomic E-state index is -0.961. The highest BCUT2D eigenvalue weighted by Gasteiger charge is 2.34. The standard InChI is InChI=1S/C20H31FN2/c1-16(2)17-3-5-18(6-4-17)19-7-13-23(14-8-19)15-20(21)9-11-22-12-10-20/h3-6,16,19,22H,7-15H2,1-2H3. The summed E-state index contributed by atoms with van der Waals surface area (Å²) in [5.41, 5.74) is 1.92. The quantitative estimate of drug-likeness (QED) is 0.900. The Kier molecular flexibility index (Phi) is 5.38. The van der Waals surface area contributed by atoms with Crippen LogP contribution >= 0.6 is 0 Å².